The number of nitrogens with two attached hydrogens (primary N) is 1. The molecular weight excluding hydrogens is 350 g/mol. The minimum absolute atomic E-state index is 0.00669. The molecule has 0 saturated heterocycles. The van der Waals surface area contributed by atoms with Crippen molar-refractivity contribution in [3.63, 3.8) is 0 Å². The molecule has 0 aliphatic heterocycles. The molecule has 0 saturated carbocycles. The summed E-state index contributed by atoms with van der Waals surface area (Å²) in [7, 11) is -0.410. The van der Waals surface area contributed by atoms with Crippen LogP contribution in [-0.2, 0) is 15.8 Å². The van der Waals surface area contributed by atoms with Crippen LogP contribution in [0.4, 0.5) is 0 Å². The molecule has 1 aromatic rings. The van der Waals surface area contributed by atoms with E-state index < -0.39 is 24.4 Å². The van der Waals surface area contributed by atoms with E-state index in [0.717, 1.165) is 11.3 Å². The maximum Gasteiger partial charge on any atom is 0.192 e. The van der Waals surface area contributed by atoms with Crippen molar-refractivity contribution in [3.05, 3.63) is 29.8 Å². The van der Waals surface area contributed by atoms with Gasteiger partial charge in [0.2, 0.25) is 0 Å². The molecule has 4 nitrogen and oxygen atoms in total. The molecule has 0 aliphatic carbocycles. The summed E-state index contributed by atoms with van der Waals surface area (Å²) in [6.07, 6.45) is -0.282. The van der Waals surface area contributed by atoms with Crippen LogP contribution in [0.25, 0.3) is 0 Å². The van der Waals surface area contributed by atoms with Crippen LogP contribution in [-0.4, -0.2) is 30.8 Å². The minimum atomic E-state index is -2.08. The summed E-state index contributed by atoms with van der Waals surface area (Å²) in [6.45, 7) is 17.0. The first kappa shape index (κ1) is 22.5. The average molecular weight is 386 g/mol. The van der Waals surface area contributed by atoms with Crippen molar-refractivity contribution in [3.8, 4) is 5.75 Å². The van der Waals surface area contributed by atoms with Gasteiger partial charge < -0.3 is 13.7 Å². The van der Waals surface area contributed by atoms with E-state index in [0.29, 0.717) is 0 Å². The lowest BCUT2D eigenvalue weighted by Gasteiger charge is -2.45. The number of benzene rings is 1. The molecule has 0 amide bonds. The van der Waals surface area contributed by atoms with Gasteiger partial charge in [-0.2, -0.15) is 5.14 Å². The first-order valence-corrected chi connectivity index (χ1v) is 12.8. The number of rotatable bonds is 7. The van der Waals surface area contributed by atoms with Crippen molar-refractivity contribution in [2.24, 2.45) is 5.14 Å². The fourth-order valence-corrected chi connectivity index (χ4v) is 4.71. The summed E-state index contributed by atoms with van der Waals surface area (Å²) in [5, 5.41) is 5.92. The SMILES string of the molecule is COc1ccccc1C(C)C(O[Si](C)(C)C(C)(C)C)C(C)(C)[S+](N)[O-]. The summed E-state index contributed by atoms with van der Waals surface area (Å²) >= 11 is -1.51. The highest BCUT2D eigenvalue weighted by Gasteiger charge is 2.49. The van der Waals surface area contributed by atoms with E-state index in [1.165, 1.54) is 0 Å². The average Bonchev–Trinajstić information content (AvgIpc) is 2.50. The lowest BCUT2D eigenvalue weighted by molar-refractivity contribution is 0.121. The summed E-state index contributed by atoms with van der Waals surface area (Å²) in [6, 6.07) is 7.93. The summed E-state index contributed by atoms with van der Waals surface area (Å²) in [5.74, 6) is 0.810. The van der Waals surface area contributed by atoms with Gasteiger partial charge in [0.05, 0.1) is 7.11 Å². The minimum Gasteiger partial charge on any atom is -0.598 e. The van der Waals surface area contributed by atoms with Gasteiger partial charge in [-0.05, 0) is 43.6 Å². The van der Waals surface area contributed by atoms with Gasteiger partial charge in [-0.25, -0.2) is 0 Å². The molecule has 3 unspecified atom stereocenters. The molecule has 2 N–H and O–H groups in total. The number of hydrogen-bond donors (Lipinski definition) is 1. The normalized spacial score (nSPS) is 17.1. The predicted octanol–water partition coefficient (Wildman–Crippen LogP) is 4.59. The van der Waals surface area contributed by atoms with Gasteiger partial charge in [-0.3, -0.25) is 0 Å². The smallest absolute Gasteiger partial charge is 0.192 e. The number of ether oxygens (including phenoxy) is 1. The summed E-state index contributed by atoms with van der Waals surface area (Å²) in [4.78, 5) is 0. The van der Waals surface area contributed by atoms with Crippen molar-refractivity contribution < 1.29 is 13.7 Å². The molecule has 6 heteroatoms. The molecule has 1 rings (SSSR count). The van der Waals surface area contributed by atoms with Crippen LogP contribution in [0.15, 0.2) is 24.3 Å². The Hall–Kier alpha value is -0.533. The zero-order valence-electron chi connectivity index (χ0n) is 17.2. The van der Waals surface area contributed by atoms with Crippen LogP contribution in [0.5, 0.6) is 5.75 Å². The molecule has 144 valence electrons. The van der Waals surface area contributed by atoms with Crippen LogP contribution >= 0.6 is 0 Å². The van der Waals surface area contributed by atoms with Crippen LogP contribution < -0.4 is 9.88 Å². The Labute approximate surface area is 157 Å². The lowest BCUT2D eigenvalue weighted by Crippen LogP contribution is -2.56. The molecule has 1 aromatic carbocycles. The largest absolute Gasteiger partial charge is 0.598 e. The third-order valence-corrected chi connectivity index (χ3v) is 11.2. The number of methoxy groups -OCH3 is 1. The summed E-state index contributed by atoms with van der Waals surface area (Å²) in [5.41, 5.74) is 1.05. The molecule has 3 atom stereocenters. The Morgan fingerprint density at radius 1 is 1.12 bits per heavy atom. The van der Waals surface area contributed by atoms with Gasteiger partial charge in [-0.15, -0.1) is 0 Å². The molecule has 0 bridgehead atoms. The van der Waals surface area contributed by atoms with E-state index in [4.69, 9.17) is 14.3 Å². The Morgan fingerprint density at radius 3 is 2.08 bits per heavy atom. The highest BCUT2D eigenvalue weighted by Crippen LogP contribution is 2.43. The molecule has 0 aromatic heterocycles. The van der Waals surface area contributed by atoms with E-state index in [-0.39, 0.29) is 17.1 Å². The number of hydrogen-bond acceptors (Lipinski definition) is 4. The lowest BCUT2D eigenvalue weighted by atomic mass is 9.88. The fraction of sp³-hybridized carbons (Fsp3) is 0.684. The molecule has 25 heavy (non-hydrogen) atoms. The van der Waals surface area contributed by atoms with Crippen LogP contribution in [0, 0.1) is 0 Å². The Kier molecular flexibility index (Phi) is 7.21. The van der Waals surface area contributed by atoms with E-state index in [1.54, 1.807) is 7.11 Å². The van der Waals surface area contributed by atoms with Crippen LogP contribution in [0.1, 0.15) is 53.0 Å². The quantitative estimate of drug-likeness (QED) is 0.550. The fourth-order valence-electron chi connectivity index (χ4n) is 2.66. The van der Waals surface area contributed by atoms with Crippen LogP contribution in [0.2, 0.25) is 18.1 Å². The van der Waals surface area contributed by atoms with E-state index >= 15 is 0 Å². The van der Waals surface area contributed by atoms with Gasteiger partial charge in [-0.1, -0.05) is 45.9 Å². The standard InChI is InChI=1S/C19H35NO3SSi/c1-14(15-12-10-11-13-16(15)22-7)17(19(5,6)24(20)21)23-25(8,9)18(2,3)4/h10-14,17H,20H2,1-9H3. The van der Waals surface area contributed by atoms with E-state index in [2.05, 4.69) is 40.8 Å². The Bertz CT molecular complexity index is 570. The maximum atomic E-state index is 12.3. The van der Waals surface area contributed by atoms with Crippen molar-refractivity contribution >= 4 is 19.7 Å². The van der Waals surface area contributed by atoms with Gasteiger partial charge >= 0.3 is 0 Å². The van der Waals surface area contributed by atoms with Crippen LogP contribution in [0.3, 0.4) is 0 Å². The van der Waals surface area contributed by atoms with Crippen molar-refractivity contribution in [2.75, 3.05) is 7.11 Å². The Morgan fingerprint density at radius 2 is 1.64 bits per heavy atom. The highest BCUT2D eigenvalue weighted by atomic mass is 32.2. The first-order chi connectivity index (χ1) is 11.3. The summed E-state index contributed by atoms with van der Waals surface area (Å²) < 4.78 is 23.9. The highest BCUT2D eigenvalue weighted by molar-refractivity contribution is 7.90. The Balaban J connectivity index is 3.37. The molecule has 0 heterocycles. The molecule has 0 fully saturated rings. The van der Waals surface area contributed by atoms with Gasteiger partial charge in [0, 0.05) is 17.3 Å². The zero-order chi connectivity index (χ0) is 19.6. The molecule has 0 radical (unpaired) electrons. The topological polar surface area (TPSA) is 67.5 Å². The van der Waals surface area contributed by atoms with Gasteiger partial charge in [0.15, 0.2) is 13.1 Å². The van der Waals surface area contributed by atoms with Crippen molar-refractivity contribution in [1.29, 1.82) is 0 Å². The zero-order valence-corrected chi connectivity index (χ0v) is 19.0. The van der Waals surface area contributed by atoms with E-state index in [9.17, 15) is 4.55 Å². The maximum absolute atomic E-state index is 12.3. The molecule has 0 spiro atoms. The predicted molar refractivity (Wildman–Crippen MR) is 110 cm³/mol. The second-order valence-electron chi connectivity index (χ2n) is 8.73. The van der Waals surface area contributed by atoms with E-state index in [1.807, 2.05) is 38.1 Å². The van der Waals surface area contributed by atoms with Crippen molar-refractivity contribution in [1.82, 2.24) is 0 Å². The molecule has 0 aliphatic rings. The third kappa shape index (κ3) is 5.01. The second kappa shape index (κ2) is 8.01. The van der Waals surface area contributed by atoms with Gasteiger partial charge in [0.1, 0.15) is 11.9 Å². The second-order valence-corrected chi connectivity index (χ2v) is 15.1. The first-order valence-electron chi connectivity index (χ1n) is 8.72. The molecular formula is C19H35NO3SSi. The number of para-hydroxylation sites is 1. The van der Waals surface area contributed by atoms with Gasteiger partial charge in [0.25, 0.3) is 0 Å². The van der Waals surface area contributed by atoms with Crippen molar-refractivity contribution in [2.45, 2.75) is 76.4 Å². The third-order valence-electron chi connectivity index (χ3n) is 5.52. The monoisotopic (exact) mass is 385 g/mol.